The highest BCUT2D eigenvalue weighted by atomic mass is 16.8. The molecule has 5 N–H and O–H groups in total. The van der Waals surface area contributed by atoms with Crippen LogP contribution in [0.2, 0.25) is 0 Å². The van der Waals surface area contributed by atoms with E-state index >= 15 is 0 Å². The van der Waals surface area contributed by atoms with E-state index in [9.17, 15) is 31.7 Å². The monoisotopic (exact) mass is 545 g/mol. The number of nitrogens with one attached hydrogen (secondary N) is 1. The lowest BCUT2D eigenvalue weighted by atomic mass is 9.77. The number of hydrogen-bond donors (Lipinski definition) is 5. The number of ether oxygens (including phenoxy) is 4. The largest absolute Gasteiger partial charge is 0.847 e. The molecule has 0 amide bonds. The second kappa shape index (κ2) is 10.3. The van der Waals surface area contributed by atoms with E-state index < -0.39 is 73.9 Å². The fraction of sp³-hybridized carbons (Fsp3) is 0.556. The molecule has 5 heterocycles. The van der Waals surface area contributed by atoms with Crippen molar-refractivity contribution in [2.75, 3.05) is 26.8 Å². The van der Waals surface area contributed by atoms with Gasteiger partial charge in [-0.3, -0.25) is 0 Å². The average molecular weight is 546 g/mol. The molecule has 210 valence electrons. The number of methoxy groups -OCH3 is 1. The van der Waals surface area contributed by atoms with Gasteiger partial charge >= 0.3 is 5.97 Å². The van der Waals surface area contributed by atoms with Crippen molar-refractivity contribution in [3.63, 3.8) is 0 Å². The van der Waals surface area contributed by atoms with Crippen LogP contribution in [0.5, 0.6) is 0 Å². The highest BCUT2D eigenvalue weighted by Crippen LogP contribution is 2.41. The predicted molar refractivity (Wildman–Crippen MR) is 131 cm³/mol. The predicted octanol–water partition coefficient (Wildman–Crippen LogP) is -1.88. The number of aliphatic hydroxyl groups is 4. The first kappa shape index (κ1) is 25.1. The van der Waals surface area contributed by atoms with E-state index in [2.05, 4.69) is 4.98 Å². The maximum Gasteiger partial charge on any atom is 0.337 e. The zero-order valence-corrected chi connectivity index (χ0v) is 21.2. The quantitative estimate of drug-likeness (QED) is 0.216. The van der Waals surface area contributed by atoms with Crippen LogP contribution >= 0.6 is 0 Å². The van der Waals surface area contributed by atoms with Crippen molar-refractivity contribution in [1.29, 1.82) is 0 Å². The number of esters is 1. The van der Waals surface area contributed by atoms with Crippen LogP contribution in [0, 0.1) is 11.8 Å². The lowest BCUT2D eigenvalue weighted by Crippen LogP contribution is -2.61. The summed E-state index contributed by atoms with van der Waals surface area (Å²) in [5.74, 6) is -2.84. The summed E-state index contributed by atoms with van der Waals surface area (Å²) < 4.78 is 33.4. The van der Waals surface area contributed by atoms with Gasteiger partial charge in [-0.25, -0.2) is 9.37 Å². The molecule has 1 unspecified atom stereocenters. The Balaban J connectivity index is 1.39. The van der Waals surface area contributed by atoms with Crippen LogP contribution in [0.1, 0.15) is 19.0 Å². The third kappa shape index (κ3) is 4.36. The summed E-state index contributed by atoms with van der Waals surface area (Å²) in [6.45, 7) is -0.144. The third-order valence-corrected chi connectivity index (χ3v) is 8.16. The Hall–Kier alpha value is -2.84. The summed E-state index contributed by atoms with van der Waals surface area (Å²) >= 11 is 0. The van der Waals surface area contributed by atoms with Crippen LogP contribution in [-0.4, -0.2) is 112 Å². The average Bonchev–Trinajstić information content (AvgIpc) is 3.29. The van der Waals surface area contributed by atoms with Gasteiger partial charge in [0.05, 0.1) is 25.6 Å². The topological polar surface area (TPSA) is 177 Å². The fourth-order valence-electron chi connectivity index (χ4n) is 6.12. The van der Waals surface area contributed by atoms with E-state index in [1.165, 1.54) is 7.11 Å². The van der Waals surface area contributed by atoms with Crippen molar-refractivity contribution < 1.29 is 55.2 Å². The number of nitrogens with zero attached hydrogens (tertiary/aromatic N) is 1. The molecule has 10 atom stereocenters. The van der Waals surface area contributed by atoms with E-state index in [1.807, 2.05) is 28.8 Å². The Morgan fingerprint density at radius 1 is 1.23 bits per heavy atom. The van der Waals surface area contributed by atoms with Crippen molar-refractivity contribution in [3.8, 4) is 0 Å². The summed E-state index contributed by atoms with van der Waals surface area (Å²) in [6.07, 6.45) is -9.88. The van der Waals surface area contributed by atoms with E-state index in [1.54, 1.807) is 0 Å². The molecule has 6 rings (SSSR count). The molecule has 1 saturated heterocycles. The molecule has 0 saturated carbocycles. The normalized spacial score (nSPS) is 38.5. The van der Waals surface area contributed by atoms with E-state index in [4.69, 9.17) is 18.9 Å². The number of aromatic amines is 1. The van der Waals surface area contributed by atoms with Crippen LogP contribution in [0.25, 0.3) is 10.9 Å². The maximum absolute atomic E-state index is 13.9. The van der Waals surface area contributed by atoms with Crippen molar-refractivity contribution in [1.82, 2.24) is 4.98 Å². The van der Waals surface area contributed by atoms with Crippen LogP contribution in [0.15, 0.2) is 36.1 Å². The van der Waals surface area contributed by atoms with Gasteiger partial charge in [-0.2, -0.15) is 0 Å². The van der Waals surface area contributed by atoms with Gasteiger partial charge in [-0.05, 0) is 11.6 Å². The number of carbonyl (C=O) groups is 1. The van der Waals surface area contributed by atoms with Gasteiger partial charge < -0.3 is 49.5 Å². The number of fused-ring (bicyclic) bond motifs is 5. The molecule has 0 aliphatic carbocycles. The summed E-state index contributed by atoms with van der Waals surface area (Å²) in [7, 11) is 1.20. The lowest BCUT2D eigenvalue weighted by molar-refractivity contribution is -0.582. The van der Waals surface area contributed by atoms with Crippen LogP contribution in [-0.2, 0) is 30.2 Å². The molecule has 0 bridgehead atoms. The number of rotatable bonds is 4. The van der Waals surface area contributed by atoms with Gasteiger partial charge in [-0.1, -0.05) is 24.3 Å². The van der Waals surface area contributed by atoms with Crippen molar-refractivity contribution in [3.05, 3.63) is 47.4 Å². The van der Waals surface area contributed by atoms with E-state index in [0.717, 1.165) is 28.4 Å². The minimum atomic E-state index is -1.72. The molecular weight excluding hydrogens is 512 g/mol. The molecule has 1 fully saturated rings. The van der Waals surface area contributed by atoms with Gasteiger partial charge in [0.25, 0.3) is 0 Å². The first-order valence-electron chi connectivity index (χ1n) is 13.5. The minimum Gasteiger partial charge on any atom is -0.847 e. The van der Waals surface area contributed by atoms with Crippen molar-refractivity contribution in [2.45, 2.75) is 55.9 Å². The number of hydrogen-bond acceptors (Lipinski definition) is 10. The molecule has 4 aliphatic heterocycles. The van der Waals surface area contributed by atoms with Gasteiger partial charge in [-0.15, -0.1) is 0 Å². The molecule has 2 aromatic rings. The van der Waals surface area contributed by atoms with Gasteiger partial charge in [0.1, 0.15) is 43.2 Å². The fourth-order valence-corrected chi connectivity index (χ4v) is 6.12. The molecule has 39 heavy (non-hydrogen) atoms. The van der Waals surface area contributed by atoms with E-state index in [-0.39, 0.29) is 12.1 Å². The number of aliphatic hydroxyl groups excluding tert-OH is 4. The smallest absolute Gasteiger partial charge is 0.337 e. The van der Waals surface area contributed by atoms with Crippen molar-refractivity contribution >= 4 is 22.6 Å². The van der Waals surface area contributed by atoms with Crippen LogP contribution < -0.4 is 5.11 Å². The van der Waals surface area contributed by atoms with Crippen molar-refractivity contribution in [2.24, 2.45) is 11.8 Å². The molecule has 1 aromatic carbocycles. The molecule has 0 spiro atoms. The first-order chi connectivity index (χ1) is 19.2. The highest BCUT2D eigenvalue weighted by molar-refractivity contribution is 6.04. The Kier molecular flexibility index (Phi) is 6.63. The van der Waals surface area contributed by atoms with Crippen LogP contribution in [0.4, 0.5) is 0 Å². The number of H-pyrrole nitrogens is 1. The standard InChI is InChI=1S/C27H31N2O10/c1-36-25(35)15-11-37-26(39-27-24(34)23(33)22(32)19(10-30)38-27)20-14(15)8-17-21-13(6-7-29(17)9-18(20)31)12-4-2-3-5-16(12)28-21/h2-5,11,14,18-20,22-24,26-27,30,32-34H,6-10H2,1H3/q-1/p+1/t14-,18-,19-,20+,22-,23+,24-,26+,27+/m1/s1/i8D/t8?,14-,18-,19-,20+,22-,23+,24-,26+,27+. The lowest BCUT2D eigenvalue weighted by Gasteiger charge is -2.45. The van der Waals surface area contributed by atoms with Gasteiger partial charge in [0.15, 0.2) is 6.29 Å². The summed E-state index contributed by atoms with van der Waals surface area (Å²) in [5, 5.41) is 55.4. The number of aromatic nitrogens is 1. The molecule has 0 radical (unpaired) electrons. The molecule has 1 aromatic heterocycles. The first-order valence-corrected chi connectivity index (χ1v) is 12.9. The van der Waals surface area contributed by atoms with Gasteiger partial charge in [0.2, 0.25) is 12.0 Å². The zero-order chi connectivity index (χ0) is 28.3. The highest BCUT2D eigenvalue weighted by Gasteiger charge is 2.51. The Morgan fingerprint density at radius 3 is 2.79 bits per heavy atom. The summed E-state index contributed by atoms with van der Waals surface area (Å²) in [5.41, 5.74) is 3.31. The summed E-state index contributed by atoms with van der Waals surface area (Å²) in [6, 6.07) is 7.82. The maximum atomic E-state index is 13.9. The van der Waals surface area contributed by atoms with Gasteiger partial charge in [0, 0.05) is 36.9 Å². The SMILES string of the molecule is [2H]C1C2=[N+](CCc3c2[nH]c2ccccc32)C[C@@H]([O-])[C@H]2[C@H](O[C@@H]3O[C@H](CO)[C@@H](O)[C@H](O)[C@H]3O)OC=C(C(=O)OC)[C@@H]12. The summed E-state index contributed by atoms with van der Waals surface area (Å²) in [4.78, 5) is 16.3. The second-order valence-electron chi connectivity index (χ2n) is 10.3. The molecular formula is C27H32N2O10. The zero-order valence-electron chi connectivity index (χ0n) is 22.2. The number of benzene rings is 1. The third-order valence-electron chi connectivity index (χ3n) is 8.16. The molecule has 12 nitrogen and oxygen atoms in total. The molecule has 12 heteroatoms. The molecule has 4 aliphatic rings. The number of para-hydroxylation sites is 1. The Bertz CT molecular complexity index is 1360. The Labute approximate surface area is 225 Å². The van der Waals surface area contributed by atoms with Crippen LogP contribution in [0.3, 0.4) is 0 Å². The Morgan fingerprint density at radius 2 is 2.03 bits per heavy atom. The second-order valence-corrected chi connectivity index (χ2v) is 10.3. The minimum absolute atomic E-state index is 0.00698. The van der Waals surface area contributed by atoms with E-state index in [0.29, 0.717) is 18.7 Å². The number of carbonyl (C=O) groups excluding carboxylic acids is 1.